The zero-order chi connectivity index (χ0) is 15.4. The summed E-state index contributed by atoms with van der Waals surface area (Å²) in [6.45, 7) is 1.86. The van der Waals surface area contributed by atoms with Gasteiger partial charge < -0.3 is 4.90 Å². The van der Waals surface area contributed by atoms with Crippen LogP contribution in [-0.4, -0.2) is 18.9 Å². The number of anilines is 1. The van der Waals surface area contributed by atoms with Gasteiger partial charge in [-0.3, -0.25) is 4.79 Å². The van der Waals surface area contributed by atoms with E-state index in [2.05, 4.69) is 6.07 Å². The number of rotatable bonds is 4. The van der Waals surface area contributed by atoms with Crippen molar-refractivity contribution in [1.29, 1.82) is 5.26 Å². The second kappa shape index (κ2) is 6.43. The normalized spacial score (nSPS) is 11.5. The molecule has 0 aliphatic heterocycles. The van der Waals surface area contributed by atoms with E-state index in [4.69, 9.17) is 16.9 Å². The average Bonchev–Trinajstić information content (AvgIpc) is 2.53. The summed E-state index contributed by atoms with van der Waals surface area (Å²) in [5.74, 6) is 0.0264. The number of halogens is 1. The molecular weight excluding hydrogens is 284 g/mol. The Balaban J connectivity index is 2.17. The van der Waals surface area contributed by atoms with Gasteiger partial charge in [0.1, 0.15) is 0 Å². The first-order valence-corrected chi connectivity index (χ1v) is 6.93. The standard InChI is InChI=1S/C17H15ClN2O/c1-12(17(21)14-5-7-15(18)8-6-14)20(2)16-9-3-13(11-19)4-10-16/h3-10,12H,1-2H3. The maximum Gasteiger partial charge on any atom is 0.184 e. The Morgan fingerprint density at radius 1 is 1.14 bits per heavy atom. The molecule has 1 unspecified atom stereocenters. The van der Waals surface area contributed by atoms with E-state index >= 15 is 0 Å². The van der Waals surface area contributed by atoms with Crippen molar-refractivity contribution in [2.75, 3.05) is 11.9 Å². The fraction of sp³-hybridized carbons (Fsp3) is 0.176. The van der Waals surface area contributed by atoms with Crippen LogP contribution in [0.15, 0.2) is 48.5 Å². The van der Waals surface area contributed by atoms with Crippen molar-refractivity contribution in [3.8, 4) is 6.07 Å². The molecule has 0 bridgehead atoms. The zero-order valence-corrected chi connectivity index (χ0v) is 12.6. The maximum atomic E-state index is 12.5. The molecule has 21 heavy (non-hydrogen) atoms. The van der Waals surface area contributed by atoms with Gasteiger partial charge in [-0.1, -0.05) is 11.6 Å². The molecule has 3 nitrogen and oxygen atoms in total. The summed E-state index contributed by atoms with van der Waals surface area (Å²) >= 11 is 5.83. The Morgan fingerprint density at radius 2 is 1.71 bits per heavy atom. The van der Waals surface area contributed by atoms with Gasteiger partial charge in [-0.25, -0.2) is 0 Å². The molecule has 0 fully saturated rings. The van der Waals surface area contributed by atoms with Crippen molar-refractivity contribution in [3.63, 3.8) is 0 Å². The highest BCUT2D eigenvalue weighted by molar-refractivity contribution is 6.30. The summed E-state index contributed by atoms with van der Waals surface area (Å²) in [5.41, 5.74) is 2.13. The Labute approximate surface area is 129 Å². The highest BCUT2D eigenvalue weighted by Gasteiger charge is 2.19. The van der Waals surface area contributed by atoms with Gasteiger partial charge in [0.15, 0.2) is 5.78 Å². The lowest BCUT2D eigenvalue weighted by molar-refractivity contribution is 0.0966. The Kier molecular flexibility index (Phi) is 4.62. The van der Waals surface area contributed by atoms with Crippen molar-refractivity contribution < 1.29 is 4.79 Å². The first kappa shape index (κ1) is 15.1. The first-order chi connectivity index (χ1) is 10.0. The molecule has 0 amide bonds. The van der Waals surface area contributed by atoms with Crippen LogP contribution in [0.25, 0.3) is 0 Å². The fourth-order valence-electron chi connectivity index (χ4n) is 2.03. The third-order valence-electron chi connectivity index (χ3n) is 3.49. The molecule has 0 N–H and O–H groups in total. The smallest absolute Gasteiger partial charge is 0.184 e. The van der Waals surface area contributed by atoms with Crippen LogP contribution in [0.5, 0.6) is 0 Å². The molecule has 4 heteroatoms. The molecule has 0 aliphatic rings. The van der Waals surface area contributed by atoms with Crippen molar-refractivity contribution >= 4 is 23.1 Å². The number of nitrogens with zero attached hydrogens (tertiary/aromatic N) is 2. The van der Waals surface area contributed by atoms with Crippen molar-refractivity contribution in [3.05, 3.63) is 64.7 Å². The van der Waals surface area contributed by atoms with Gasteiger partial charge >= 0.3 is 0 Å². The summed E-state index contributed by atoms with van der Waals surface area (Å²) in [4.78, 5) is 14.3. The average molecular weight is 299 g/mol. The monoisotopic (exact) mass is 298 g/mol. The molecule has 1 atom stereocenters. The SMILES string of the molecule is CC(C(=O)c1ccc(Cl)cc1)N(C)c1ccc(C#N)cc1. The van der Waals surface area contributed by atoms with Crippen LogP contribution in [0, 0.1) is 11.3 Å². The Morgan fingerprint density at radius 3 is 2.24 bits per heavy atom. The molecule has 2 aromatic rings. The summed E-state index contributed by atoms with van der Waals surface area (Å²) in [6.07, 6.45) is 0. The van der Waals surface area contributed by atoms with Gasteiger partial charge in [0.25, 0.3) is 0 Å². The molecule has 0 saturated carbocycles. The maximum absolute atomic E-state index is 12.5. The number of hydrogen-bond donors (Lipinski definition) is 0. The highest BCUT2D eigenvalue weighted by Crippen LogP contribution is 2.19. The molecule has 2 aromatic carbocycles. The Bertz CT molecular complexity index is 671. The van der Waals surface area contributed by atoms with Gasteiger partial charge in [0, 0.05) is 23.3 Å². The number of nitriles is 1. The Hall–Kier alpha value is -2.31. The van der Waals surface area contributed by atoms with Gasteiger partial charge in [0.2, 0.25) is 0 Å². The summed E-state index contributed by atoms with van der Waals surface area (Å²) in [6, 6.07) is 15.8. The van der Waals surface area contributed by atoms with Crippen molar-refractivity contribution in [2.45, 2.75) is 13.0 Å². The summed E-state index contributed by atoms with van der Waals surface area (Å²) in [7, 11) is 1.86. The molecule has 0 aliphatic carbocycles. The van der Waals surface area contributed by atoms with E-state index in [9.17, 15) is 4.79 Å². The zero-order valence-electron chi connectivity index (χ0n) is 11.9. The van der Waals surface area contributed by atoms with E-state index in [0.29, 0.717) is 16.1 Å². The number of benzene rings is 2. The lowest BCUT2D eigenvalue weighted by Gasteiger charge is -2.26. The number of hydrogen-bond acceptors (Lipinski definition) is 3. The summed E-state index contributed by atoms with van der Waals surface area (Å²) in [5, 5.41) is 9.42. The number of ketones is 1. The van der Waals surface area contributed by atoms with E-state index in [1.165, 1.54) is 0 Å². The number of carbonyl (C=O) groups is 1. The number of likely N-dealkylation sites (N-methyl/N-ethyl adjacent to an activating group) is 1. The number of Topliss-reactive ketones (excluding diaryl/α,β-unsaturated/α-hetero) is 1. The van der Waals surface area contributed by atoms with Crippen LogP contribution in [-0.2, 0) is 0 Å². The minimum atomic E-state index is -0.306. The minimum absolute atomic E-state index is 0.0264. The van der Waals surface area contributed by atoms with Crippen LogP contribution in [0.2, 0.25) is 5.02 Å². The van der Waals surface area contributed by atoms with E-state index in [0.717, 1.165) is 5.69 Å². The highest BCUT2D eigenvalue weighted by atomic mass is 35.5. The van der Waals surface area contributed by atoms with Crippen LogP contribution in [0.3, 0.4) is 0 Å². The molecule has 0 radical (unpaired) electrons. The van der Waals surface area contributed by atoms with E-state index in [1.54, 1.807) is 36.4 Å². The fourth-order valence-corrected chi connectivity index (χ4v) is 2.15. The number of carbonyl (C=O) groups excluding carboxylic acids is 1. The quantitative estimate of drug-likeness (QED) is 0.804. The second-order valence-electron chi connectivity index (χ2n) is 4.82. The largest absolute Gasteiger partial charge is 0.364 e. The van der Waals surface area contributed by atoms with Gasteiger partial charge in [0.05, 0.1) is 17.7 Å². The molecule has 0 spiro atoms. The predicted octanol–water partition coefficient (Wildman–Crippen LogP) is 3.92. The van der Waals surface area contributed by atoms with Crippen molar-refractivity contribution in [2.24, 2.45) is 0 Å². The van der Waals surface area contributed by atoms with Crippen LogP contribution in [0.1, 0.15) is 22.8 Å². The van der Waals surface area contributed by atoms with Crippen LogP contribution >= 0.6 is 11.6 Å². The second-order valence-corrected chi connectivity index (χ2v) is 5.25. The summed E-state index contributed by atoms with van der Waals surface area (Å²) < 4.78 is 0. The van der Waals surface area contributed by atoms with Gasteiger partial charge in [-0.15, -0.1) is 0 Å². The lowest BCUT2D eigenvalue weighted by atomic mass is 10.0. The molecule has 0 aromatic heterocycles. The molecule has 0 saturated heterocycles. The molecule has 0 heterocycles. The van der Waals surface area contributed by atoms with Crippen molar-refractivity contribution in [1.82, 2.24) is 0 Å². The molecular formula is C17H15ClN2O. The third kappa shape index (κ3) is 3.42. The van der Waals surface area contributed by atoms with E-state index in [-0.39, 0.29) is 11.8 Å². The van der Waals surface area contributed by atoms with E-state index < -0.39 is 0 Å². The molecule has 106 valence electrons. The van der Waals surface area contributed by atoms with E-state index in [1.807, 2.05) is 31.0 Å². The third-order valence-corrected chi connectivity index (χ3v) is 3.74. The predicted molar refractivity (Wildman–Crippen MR) is 84.8 cm³/mol. The van der Waals surface area contributed by atoms with Gasteiger partial charge in [-0.2, -0.15) is 5.26 Å². The van der Waals surface area contributed by atoms with Crippen LogP contribution < -0.4 is 4.90 Å². The first-order valence-electron chi connectivity index (χ1n) is 6.55. The van der Waals surface area contributed by atoms with Gasteiger partial charge in [-0.05, 0) is 55.5 Å². The topological polar surface area (TPSA) is 44.1 Å². The minimum Gasteiger partial charge on any atom is -0.364 e. The van der Waals surface area contributed by atoms with Crippen LogP contribution in [0.4, 0.5) is 5.69 Å². The lowest BCUT2D eigenvalue weighted by Crippen LogP contribution is -2.36. The molecule has 2 rings (SSSR count).